The fourth-order valence-corrected chi connectivity index (χ4v) is 1.47. The molecular weight excluding hydrogens is 254 g/mol. The molecule has 4 nitrogen and oxygen atoms in total. The maximum absolute atomic E-state index is 13.4. The molecule has 1 aromatic rings. The molecule has 19 heavy (non-hydrogen) atoms. The van der Waals surface area contributed by atoms with Crippen molar-refractivity contribution < 1.29 is 18.4 Å². The number of hydrogen-bond donors (Lipinski definition) is 0. The summed E-state index contributed by atoms with van der Waals surface area (Å²) in [6.07, 6.45) is 0. The number of carbonyl (C=O) groups excluding carboxylic acids is 2. The summed E-state index contributed by atoms with van der Waals surface area (Å²) in [5, 5.41) is 0. The summed E-state index contributed by atoms with van der Waals surface area (Å²) in [4.78, 5) is 26.1. The molecular formula is C13H16F2N2O2. The van der Waals surface area contributed by atoms with E-state index in [1.54, 1.807) is 21.1 Å². The average molecular weight is 270 g/mol. The number of Topliss-reactive ketones (excluding diaryl/α,β-unsaturated/α-hetero) is 1. The molecule has 0 aliphatic heterocycles. The first-order chi connectivity index (χ1) is 8.81. The van der Waals surface area contributed by atoms with Crippen molar-refractivity contribution in [1.29, 1.82) is 0 Å². The standard InChI is InChI=1S/C13H16F2N2O2/c1-16(2)13(19)8-17(3)7-12(18)10-5-4-9(14)6-11(10)15/h4-6H,7-8H2,1-3H3. The van der Waals surface area contributed by atoms with Gasteiger partial charge >= 0.3 is 0 Å². The third kappa shape index (κ3) is 4.40. The average Bonchev–Trinajstić information content (AvgIpc) is 2.27. The van der Waals surface area contributed by atoms with Crippen molar-refractivity contribution in [2.75, 3.05) is 34.2 Å². The van der Waals surface area contributed by atoms with Gasteiger partial charge in [0.05, 0.1) is 18.7 Å². The van der Waals surface area contributed by atoms with Gasteiger partial charge in [0.1, 0.15) is 11.6 Å². The largest absolute Gasteiger partial charge is 0.348 e. The number of halogens is 2. The van der Waals surface area contributed by atoms with Crippen LogP contribution >= 0.6 is 0 Å². The highest BCUT2D eigenvalue weighted by atomic mass is 19.1. The smallest absolute Gasteiger partial charge is 0.236 e. The molecule has 0 heterocycles. The summed E-state index contributed by atoms with van der Waals surface area (Å²) in [7, 11) is 4.80. The second kappa shape index (κ2) is 6.38. The van der Waals surface area contributed by atoms with E-state index in [2.05, 4.69) is 0 Å². The number of ketones is 1. The van der Waals surface area contributed by atoms with Crippen LogP contribution in [-0.4, -0.2) is 55.7 Å². The first kappa shape index (κ1) is 15.2. The fourth-order valence-electron chi connectivity index (χ4n) is 1.47. The lowest BCUT2D eigenvalue weighted by Gasteiger charge is -2.18. The molecule has 0 aromatic heterocycles. The summed E-state index contributed by atoms with van der Waals surface area (Å²) in [6, 6.07) is 2.80. The van der Waals surface area contributed by atoms with Crippen molar-refractivity contribution in [2.24, 2.45) is 0 Å². The lowest BCUT2D eigenvalue weighted by atomic mass is 10.1. The topological polar surface area (TPSA) is 40.6 Å². The van der Waals surface area contributed by atoms with Crippen LogP contribution in [0.25, 0.3) is 0 Å². The molecule has 0 unspecified atom stereocenters. The van der Waals surface area contributed by atoms with Gasteiger partial charge in [0.25, 0.3) is 0 Å². The van der Waals surface area contributed by atoms with Crippen molar-refractivity contribution in [3.63, 3.8) is 0 Å². The van der Waals surface area contributed by atoms with Crippen LogP contribution < -0.4 is 0 Å². The van der Waals surface area contributed by atoms with E-state index in [-0.39, 0.29) is 24.6 Å². The molecule has 0 N–H and O–H groups in total. The Labute approximate surface area is 110 Å². The summed E-state index contributed by atoms with van der Waals surface area (Å²) in [6.45, 7) is -0.0519. The molecule has 104 valence electrons. The molecule has 0 atom stereocenters. The second-order valence-electron chi connectivity index (χ2n) is 4.51. The maximum Gasteiger partial charge on any atom is 0.236 e. The van der Waals surface area contributed by atoms with Gasteiger partial charge in [-0.1, -0.05) is 0 Å². The molecule has 1 aromatic carbocycles. The van der Waals surface area contributed by atoms with E-state index in [0.717, 1.165) is 12.1 Å². The Balaban J connectivity index is 2.66. The molecule has 0 saturated carbocycles. The summed E-state index contributed by atoms with van der Waals surface area (Å²) in [5.41, 5.74) is -0.175. The van der Waals surface area contributed by atoms with E-state index < -0.39 is 17.4 Å². The predicted octanol–water partition coefficient (Wildman–Crippen LogP) is 1.17. The fraction of sp³-hybridized carbons (Fsp3) is 0.385. The highest BCUT2D eigenvalue weighted by molar-refractivity contribution is 5.98. The third-order valence-electron chi connectivity index (χ3n) is 2.55. The van der Waals surface area contributed by atoms with Gasteiger partial charge in [-0.05, 0) is 19.2 Å². The number of benzene rings is 1. The van der Waals surface area contributed by atoms with Gasteiger partial charge < -0.3 is 4.90 Å². The lowest BCUT2D eigenvalue weighted by molar-refractivity contribution is -0.129. The molecule has 1 amide bonds. The van der Waals surface area contributed by atoms with Crippen LogP contribution in [0, 0.1) is 11.6 Å². The van der Waals surface area contributed by atoms with Gasteiger partial charge in [0.15, 0.2) is 5.78 Å². The highest BCUT2D eigenvalue weighted by Crippen LogP contribution is 2.10. The van der Waals surface area contributed by atoms with E-state index in [0.29, 0.717) is 6.07 Å². The normalized spacial score (nSPS) is 10.6. The first-order valence-corrected chi connectivity index (χ1v) is 5.68. The van der Waals surface area contributed by atoms with Crippen molar-refractivity contribution in [1.82, 2.24) is 9.80 Å². The highest BCUT2D eigenvalue weighted by Gasteiger charge is 2.16. The van der Waals surface area contributed by atoms with Crippen LogP contribution in [0.4, 0.5) is 8.78 Å². The van der Waals surface area contributed by atoms with Gasteiger partial charge in [-0.3, -0.25) is 14.5 Å². The Bertz CT molecular complexity index is 490. The molecule has 0 fully saturated rings. The molecule has 1 rings (SSSR count). The second-order valence-corrected chi connectivity index (χ2v) is 4.51. The van der Waals surface area contributed by atoms with Crippen molar-refractivity contribution >= 4 is 11.7 Å². The molecule has 0 aliphatic carbocycles. The third-order valence-corrected chi connectivity index (χ3v) is 2.55. The Morgan fingerprint density at radius 3 is 2.26 bits per heavy atom. The zero-order valence-corrected chi connectivity index (χ0v) is 11.1. The Morgan fingerprint density at radius 1 is 1.11 bits per heavy atom. The molecule has 0 bridgehead atoms. The van der Waals surface area contributed by atoms with Gasteiger partial charge in [0, 0.05) is 20.2 Å². The van der Waals surface area contributed by atoms with Crippen LogP contribution in [0.15, 0.2) is 18.2 Å². The number of carbonyl (C=O) groups is 2. The monoisotopic (exact) mass is 270 g/mol. The molecule has 0 spiro atoms. The van der Waals surface area contributed by atoms with Gasteiger partial charge in [-0.15, -0.1) is 0 Å². The number of amides is 1. The predicted molar refractivity (Wildman–Crippen MR) is 66.9 cm³/mol. The van der Waals surface area contributed by atoms with Crippen LogP contribution in [0.5, 0.6) is 0 Å². The van der Waals surface area contributed by atoms with Crippen molar-refractivity contribution in [2.45, 2.75) is 0 Å². The van der Waals surface area contributed by atoms with E-state index >= 15 is 0 Å². The SMILES string of the molecule is CN(CC(=O)c1ccc(F)cc1F)CC(=O)N(C)C. The summed E-state index contributed by atoms with van der Waals surface area (Å²) >= 11 is 0. The Morgan fingerprint density at radius 2 is 1.74 bits per heavy atom. The molecule has 0 saturated heterocycles. The van der Waals surface area contributed by atoms with Gasteiger partial charge in [0.2, 0.25) is 5.91 Å². The van der Waals surface area contributed by atoms with Crippen molar-refractivity contribution in [3.8, 4) is 0 Å². The van der Waals surface area contributed by atoms with E-state index in [1.807, 2.05) is 0 Å². The van der Waals surface area contributed by atoms with Crippen LogP contribution in [0.2, 0.25) is 0 Å². The maximum atomic E-state index is 13.4. The molecule has 0 radical (unpaired) electrons. The Hall–Kier alpha value is -1.82. The zero-order valence-electron chi connectivity index (χ0n) is 11.1. The quantitative estimate of drug-likeness (QED) is 0.754. The Kier molecular flexibility index (Phi) is 5.11. The van der Waals surface area contributed by atoms with Gasteiger partial charge in [-0.25, -0.2) is 8.78 Å². The summed E-state index contributed by atoms with van der Waals surface area (Å²) < 4.78 is 26.1. The minimum atomic E-state index is -0.891. The first-order valence-electron chi connectivity index (χ1n) is 5.68. The van der Waals surface area contributed by atoms with Crippen LogP contribution in [-0.2, 0) is 4.79 Å². The minimum Gasteiger partial charge on any atom is -0.348 e. The van der Waals surface area contributed by atoms with Crippen LogP contribution in [0.3, 0.4) is 0 Å². The number of hydrogen-bond acceptors (Lipinski definition) is 3. The number of nitrogens with zero attached hydrogens (tertiary/aromatic N) is 2. The molecule has 6 heteroatoms. The lowest BCUT2D eigenvalue weighted by Crippen LogP contribution is -2.37. The van der Waals surface area contributed by atoms with Gasteiger partial charge in [-0.2, -0.15) is 0 Å². The van der Waals surface area contributed by atoms with Crippen molar-refractivity contribution in [3.05, 3.63) is 35.4 Å². The minimum absolute atomic E-state index is 0.0571. The van der Waals surface area contributed by atoms with Crippen LogP contribution in [0.1, 0.15) is 10.4 Å². The number of rotatable bonds is 5. The zero-order chi connectivity index (χ0) is 14.6. The van der Waals surface area contributed by atoms with E-state index in [4.69, 9.17) is 0 Å². The molecule has 0 aliphatic rings. The van der Waals surface area contributed by atoms with E-state index in [9.17, 15) is 18.4 Å². The number of likely N-dealkylation sites (N-methyl/N-ethyl adjacent to an activating group) is 2. The van der Waals surface area contributed by atoms with E-state index in [1.165, 1.54) is 9.80 Å². The summed E-state index contributed by atoms with van der Waals surface area (Å²) in [5.74, 6) is -2.27.